The summed E-state index contributed by atoms with van der Waals surface area (Å²) in [4.78, 5) is 2.07. The topological polar surface area (TPSA) is 32.7 Å². The Morgan fingerprint density at radius 3 is 2.23 bits per heavy atom. The Bertz CT molecular complexity index is 561. The summed E-state index contributed by atoms with van der Waals surface area (Å²) < 4.78 is 5.77. The van der Waals surface area contributed by atoms with Crippen molar-refractivity contribution in [3.05, 3.63) is 65.2 Å². The Labute approximate surface area is 133 Å². The smallest absolute Gasteiger partial charge is 0.119 e. The molecule has 3 heteroatoms. The van der Waals surface area contributed by atoms with Gasteiger partial charge in [0.15, 0.2) is 0 Å². The van der Waals surface area contributed by atoms with E-state index in [-0.39, 0.29) is 0 Å². The number of aliphatic hydroxyl groups excluding tert-OH is 1. The quantitative estimate of drug-likeness (QED) is 0.848. The van der Waals surface area contributed by atoms with Crippen LogP contribution in [0.4, 0.5) is 0 Å². The number of rotatable bonds is 7. The van der Waals surface area contributed by atoms with Crippen molar-refractivity contribution in [3.8, 4) is 5.75 Å². The summed E-state index contributed by atoms with van der Waals surface area (Å²) >= 11 is 0. The second-order valence-corrected chi connectivity index (χ2v) is 5.95. The average molecular weight is 299 g/mol. The summed E-state index contributed by atoms with van der Waals surface area (Å²) in [5, 5.41) is 10.1. The summed E-state index contributed by atoms with van der Waals surface area (Å²) in [6, 6.07) is 16.0. The zero-order valence-corrected chi connectivity index (χ0v) is 13.6. The first-order valence-electron chi connectivity index (χ1n) is 7.65. The number of hydrogen-bond donors (Lipinski definition) is 1. The first-order valence-corrected chi connectivity index (χ1v) is 7.65. The third kappa shape index (κ3) is 5.17. The Morgan fingerprint density at radius 1 is 1.00 bits per heavy atom. The number of ether oxygens (including phenoxy) is 1. The molecule has 3 nitrogen and oxygen atoms in total. The van der Waals surface area contributed by atoms with Crippen LogP contribution in [-0.4, -0.2) is 30.6 Å². The van der Waals surface area contributed by atoms with E-state index in [1.54, 1.807) is 0 Å². The van der Waals surface area contributed by atoms with Crippen molar-refractivity contribution < 1.29 is 9.84 Å². The van der Waals surface area contributed by atoms with Gasteiger partial charge in [-0.15, -0.1) is 0 Å². The van der Waals surface area contributed by atoms with Gasteiger partial charge in [-0.05, 0) is 50.7 Å². The second-order valence-electron chi connectivity index (χ2n) is 5.95. The molecule has 0 saturated heterocycles. The summed E-state index contributed by atoms with van der Waals surface area (Å²) in [5.74, 6) is 0.823. The molecule has 0 fully saturated rings. The molecule has 0 spiro atoms. The Morgan fingerprint density at radius 2 is 1.64 bits per heavy atom. The predicted octanol–water partition coefficient (Wildman–Crippen LogP) is 3.56. The van der Waals surface area contributed by atoms with Crippen LogP contribution in [0.3, 0.4) is 0 Å². The fourth-order valence-electron chi connectivity index (χ4n) is 2.18. The molecule has 22 heavy (non-hydrogen) atoms. The molecule has 0 aliphatic heterocycles. The van der Waals surface area contributed by atoms with Crippen molar-refractivity contribution in [2.45, 2.75) is 26.1 Å². The van der Waals surface area contributed by atoms with Gasteiger partial charge in [0.05, 0.1) is 6.10 Å². The maximum Gasteiger partial charge on any atom is 0.119 e. The van der Waals surface area contributed by atoms with Gasteiger partial charge in [-0.2, -0.15) is 0 Å². The van der Waals surface area contributed by atoms with Gasteiger partial charge in [-0.25, -0.2) is 0 Å². The van der Waals surface area contributed by atoms with Crippen molar-refractivity contribution in [2.24, 2.45) is 0 Å². The largest absolute Gasteiger partial charge is 0.489 e. The molecule has 2 rings (SSSR count). The summed E-state index contributed by atoms with van der Waals surface area (Å²) in [5.41, 5.74) is 3.34. The average Bonchev–Trinajstić information content (AvgIpc) is 2.52. The van der Waals surface area contributed by atoms with E-state index in [0.29, 0.717) is 6.61 Å². The van der Waals surface area contributed by atoms with Crippen LogP contribution in [0.15, 0.2) is 48.5 Å². The van der Waals surface area contributed by atoms with Crippen LogP contribution in [0.1, 0.15) is 29.2 Å². The van der Waals surface area contributed by atoms with Crippen molar-refractivity contribution in [2.75, 3.05) is 20.6 Å². The second kappa shape index (κ2) is 7.97. The highest BCUT2D eigenvalue weighted by molar-refractivity contribution is 5.29. The summed E-state index contributed by atoms with van der Waals surface area (Å²) in [7, 11) is 4.02. The van der Waals surface area contributed by atoms with E-state index in [1.165, 1.54) is 5.56 Å². The maximum absolute atomic E-state index is 10.1. The van der Waals surface area contributed by atoms with Gasteiger partial charge in [0.25, 0.3) is 0 Å². The normalized spacial score (nSPS) is 12.4. The standard InChI is InChI=1S/C19H25NO2/c1-15-4-6-16(7-5-15)14-22-18-10-8-17(9-11-18)19(21)12-13-20(2)3/h4-11,19,21H,12-14H2,1-3H3. The van der Waals surface area contributed by atoms with Crippen LogP contribution >= 0.6 is 0 Å². The molecule has 0 aliphatic rings. The molecule has 1 N–H and O–H groups in total. The molecule has 118 valence electrons. The van der Waals surface area contributed by atoms with Gasteiger partial charge >= 0.3 is 0 Å². The Kier molecular flexibility index (Phi) is 5.99. The van der Waals surface area contributed by atoms with Crippen molar-refractivity contribution >= 4 is 0 Å². The molecule has 0 aliphatic carbocycles. The van der Waals surface area contributed by atoms with Gasteiger partial charge < -0.3 is 14.7 Å². The number of nitrogens with zero attached hydrogens (tertiary/aromatic N) is 1. The predicted molar refractivity (Wildman–Crippen MR) is 90.1 cm³/mol. The fourth-order valence-corrected chi connectivity index (χ4v) is 2.18. The van der Waals surface area contributed by atoms with E-state index < -0.39 is 6.10 Å². The lowest BCUT2D eigenvalue weighted by molar-refractivity contribution is 0.154. The zero-order chi connectivity index (χ0) is 15.9. The first-order chi connectivity index (χ1) is 10.5. The summed E-state index contributed by atoms with van der Waals surface area (Å²) in [6.45, 7) is 3.50. The van der Waals surface area contributed by atoms with Crippen LogP contribution in [0.2, 0.25) is 0 Å². The molecule has 0 amide bonds. The molecule has 1 unspecified atom stereocenters. The lowest BCUT2D eigenvalue weighted by atomic mass is 10.1. The summed E-state index contributed by atoms with van der Waals surface area (Å²) in [6.07, 6.45) is 0.310. The van der Waals surface area contributed by atoms with Gasteiger partial charge in [-0.1, -0.05) is 42.0 Å². The molecule has 2 aromatic rings. The van der Waals surface area contributed by atoms with Gasteiger partial charge in [0, 0.05) is 6.54 Å². The maximum atomic E-state index is 10.1. The molecular weight excluding hydrogens is 274 g/mol. The van der Waals surface area contributed by atoms with Crippen LogP contribution in [0, 0.1) is 6.92 Å². The molecule has 0 radical (unpaired) electrons. The first kappa shape index (κ1) is 16.5. The minimum absolute atomic E-state index is 0.423. The SMILES string of the molecule is Cc1ccc(COc2ccc(C(O)CCN(C)C)cc2)cc1. The van der Waals surface area contributed by atoms with Gasteiger partial charge in [-0.3, -0.25) is 0 Å². The van der Waals surface area contributed by atoms with Crippen molar-refractivity contribution in [1.82, 2.24) is 4.90 Å². The van der Waals surface area contributed by atoms with Crippen molar-refractivity contribution in [3.63, 3.8) is 0 Å². The molecule has 0 aromatic heterocycles. The minimum atomic E-state index is -0.423. The van der Waals surface area contributed by atoms with E-state index in [9.17, 15) is 5.11 Å². The van der Waals surface area contributed by atoms with Crippen LogP contribution < -0.4 is 4.74 Å². The Balaban J connectivity index is 1.87. The zero-order valence-electron chi connectivity index (χ0n) is 13.6. The Hall–Kier alpha value is -1.84. The van der Waals surface area contributed by atoms with E-state index in [2.05, 4.69) is 36.1 Å². The van der Waals surface area contributed by atoms with Crippen LogP contribution in [0.25, 0.3) is 0 Å². The van der Waals surface area contributed by atoms with Crippen molar-refractivity contribution in [1.29, 1.82) is 0 Å². The monoisotopic (exact) mass is 299 g/mol. The molecule has 0 heterocycles. The molecule has 0 saturated carbocycles. The number of aryl methyl sites for hydroxylation is 1. The molecular formula is C19H25NO2. The molecule has 2 aromatic carbocycles. The van der Waals surface area contributed by atoms with E-state index in [0.717, 1.165) is 29.8 Å². The van der Waals surface area contributed by atoms with E-state index >= 15 is 0 Å². The highest BCUT2D eigenvalue weighted by atomic mass is 16.5. The van der Waals surface area contributed by atoms with Crippen LogP contribution in [0.5, 0.6) is 5.75 Å². The fraction of sp³-hybridized carbons (Fsp3) is 0.368. The lowest BCUT2D eigenvalue weighted by Crippen LogP contribution is -2.15. The van der Waals surface area contributed by atoms with E-state index in [1.807, 2.05) is 38.4 Å². The van der Waals surface area contributed by atoms with Gasteiger partial charge in [0.1, 0.15) is 12.4 Å². The highest BCUT2D eigenvalue weighted by Crippen LogP contribution is 2.21. The number of aliphatic hydroxyl groups is 1. The molecule has 0 bridgehead atoms. The van der Waals surface area contributed by atoms with Crippen LogP contribution in [-0.2, 0) is 6.61 Å². The third-order valence-electron chi connectivity index (χ3n) is 3.64. The highest BCUT2D eigenvalue weighted by Gasteiger charge is 2.08. The lowest BCUT2D eigenvalue weighted by Gasteiger charge is -2.15. The van der Waals surface area contributed by atoms with Gasteiger partial charge in [0.2, 0.25) is 0 Å². The molecule has 1 atom stereocenters. The minimum Gasteiger partial charge on any atom is -0.489 e. The third-order valence-corrected chi connectivity index (χ3v) is 3.64. The number of benzene rings is 2. The van der Waals surface area contributed by atoms with E-state index in [4.69, 9.17) is 4.74 Å². The number of hydrogen-bond acceptors (Lipinski definition) is 3.